The SMILES string of the molecule is OCC(CO)OCc1ccccc1.OCc1ccc(N2CCN(c3ccc(-c4ncc(C(F)(F)F)[nH]4)cn3)CC2)cc1.[W]. The summed E-state index contributed by atoms with van der Waals surface area (Å²) in [6, 6.07) is 21.0. The van der Waals surface area contributed by atoms with Gasteiger partial charge >= 0.3 is 6.18 Å². The number of nitrogens with one attached hydrogen (secondary N) is 1. The number of aromatic amines is 1. The van der Waals surface area contributed by atoms with E-state index in [0.29, 0.717) is 12.2 Å². The number of alkyl halides is 3. The topological polar surface area (TPSA) is 118 Å². The normalized spacial score (nSPS) is 13.4. The number of aromatic nitrogens is 3. The number of rotatable bonds is 9. The Hall–Kier alpha value is -3.28. The Bertz CT molecular complexity index is 1350. The molecule has 1 aliphatic rings. The third-order valence-corrected chi connectivity index (χ3v) is 6.73. The van der Waals surface area contributed by atoms with Crippen LogP contribution in [0.2, 0.25) is 0 Å². The van der Waals surface area contributed by atoms with Crippen LogP contribution in [-0.2, 0) is 45.2 Å². The monoisotopic (exact) mass is 769 g/mol. The van der Waals surface area contributed by atoms with Crippen molar-refractivity contribution in [2.24, 2.45) is 0 Å². The molecule has 13 heteroatoms. The van der Waals surface area contributed by atoms with Crippen LogP contribution in [0.5, 0.6) is 0 Å². The molecular weight excluding hydrogens is 735 g/mol. The van der Waals surface area contributed by atoms with Gasteiger partial charge in [0.2, 0.25) is 0 Å². The van der Waals surface area contributed by atoms with Gasteiger partial charge in [0.15, 0.2) is 0 Å². The maximum atomic E-state index is 12.7. The molecule has 230 valence electrons. The van der Waals surface area contributed by atoms with Crippen molar-refractivity contribution in [3.05, 3.63) is 95.9 Å². The van der Waals surface area contributed by atoms with Gasteiger partial charge in [-0.15, -0.1) is 0 Å². The van der Waals surface area contributed by atoms with Crippen LogP contribution in [-0.4, -0.2) is 75.8 Å². The number of anilines is 2. The average Bonchev–Trinajstić information content (AvgIpc) is 3.54. The molecule has 0 unspecified atom stereocenters. The standard InChI is InChI=1S/C20H20F3N5O.C10H14O3.W/c21-20(22,23)17-12-25-19(26-17)15-3-6-18(24-11-15)28-9-7-27(8-10-28)16-4-1-14(13-29)2-5-16;11-6-10(7-12)13-8-9-4-2-1-3-5-9;/h1-6,11-12,29H,7-10,13H2,(H,25,26);1-5,10-12H,6-8H2;. The van der Waals surface area contributed by atoms with Crippen LogP contribution in [0.25, 0.3) is 11.4 Å². The van der Waals surface area contributed by atoms with Gasteiger partial charge in [-0.3, -0.25) is 0 Å². The third kappa shape index (κ3) is 9.87. The molecule has 0 amide bonds. The van der Waals surface area contributed by atoms with Crippen molar-refractivity contribution in [3.8, 4) is 11.4 Å². The van der Waals surface area contributed by atoms with Crippen LogP contribution >= 0.6 is 0 Å². The molecule has 2 aromatic carbocycles. The number of aliphatic hydroxyl groups excluding tert-OH is 3. The van der Waals surface area contributed by atoms with E-state index in [1.165, 1.54) is 6.20 Å². The van der Waals surface area contributed by atoms with Crippen molar-refractivity contribution >= 4 is 11.5 Å². The molecule has 0 bridgehead atoms. The maximum Gasteiger partial charge on any atom is 0.432 e. The van der Waals surface area contributed by atoms with E-state index in [1.54, 1.807) is 12.1 Å². The van der Waals surface area contributed by atoms with Gasteiger partial charge in [-0.1, -0.05) is 42.5 Å². The molecule has 4 aromatic rings. The summed E-state index contributed by atoms with van der Waals surface area (Å²) in [4.78, 5) is 14.9. The van der Waals surface area contributed by atoms with Gasteiger partial charge in [0.1, 0.15) is 23.4 Å². The van der Waals surface area contributed by atoms with Gasteiger partial charge in [-0.25, -0.2) is 9.97 Å². The zero-order valence-electron chi connectivity index (χ0n) is 23.3. The van der Waals surface area contributed by atoms with E-state index < -0.39 is 18.0 Å². The first kappa shape index (κ1) is 34.2. The minimum absolute atomic E-state index is 0. The fraction of sp³-hybridized carbons (Fsp3) is 0.333. The Balaban J connectivity index is 0.000000306. The molecular formula is C30H34F3N5O4W. The fourth-order valence-corrected chi connectivity index (χ4v) is 4.28. The van der Waals surface area contributed by atoms with Crippen molar-refractivity contribution in [1.29, 1.82) is 0 Å². The molecule has 2 aromatic heterocycles. The second-order valence-electron chi connectivity index (χ2n) is 9.63. The number of aliphatic hydroxyl groups is 3. The number of ether oxygens (including phenoxy) is 1. The molecule has 9 nitrogen and oxygen atoms in total. The Morgan fingerprint density at radius 1 is 0.791 bits per heavy atom. The molecule has 0 atom stereocenters. The van der Waals surface area contributed by atoms with Gasteiger partial charge < -0.3 is 34.8 Å². The van der Waals surface area contributed by atoms with Crippen LogP contribution in [0.15, 0.2) is 79.1 Å². The van der Waals surface area contributed by atoms with Gasteiger partial charge in [0.25, 0.3) is 0 Å². The van der Waals surface area contributed by atoms with Crippen molar-refractivity contribution in [3.63, 3.8) is 0 Å². The number of piperazine rings is 1. The van der Waals surface area contributed by atoms with Gasteiger partial charge in [0.05, 0.1) is 32.6 Å². The molecule has 43 heavy (non-hydrogen) atoms. The molecule has 0 aliphatic carbocycles. The number of hydrogen-bond acceptors (Lipinski definition) is 8. The van der Waals surface area contributed by atoms with E-state index in [9.17, 15) is 13.2 Å². The zero-order chi connectivity index (χ0) is 30.0. The summed E-state index contributed by atoms with van der Waals surface area (Å²) in [5, 5.41) is 26.6. The summed E-state index contributed by atoms with van der Waals surface area (Å²) < 4.78 is 43.3. The molecule has 0 spiro atoms. The second-order valence-corrected chi connectivity index (χ2v) is 9.63. The number of hydrogen-bond donors (Lipinski definition) is 4. The summed E-state index contributed by atoms with van der Waals surface area (Å²) >= 11 is 0. The summed E-state index contributed by atoms with van der Waals surface area (Å²) in [5.41, 5.74) is 2.67. The Labute approximate surface area is 262 Å². The predicted molar refractivity (Wildman–Crippen MR) is 153 cm³/mol. The number of nitrogens with zero attached hydrogens (tertiary/aromatic N) is 4. The average molecular weight is 769 g/mol. The van der Waals surface area contributed by atoms with Crippen molar-refractivity contribution < 1.29 is 54.3 Å². The van der Waals surface area contributed by atoms with Gasteiger partial charge in [-0.2, -0.15) is 13.2 Å². The smallest absolute Gasteiger partial charge is 0.394 e. The van der Waals surface area contributed by atoms with E-state index >= 15 is 0 Å². The summed E-state index contributed by atoms with van der Waals surface area (Å²) in [7, 11) is 0. The Morgan fingerprint density at radius 2 is 1.44 bits per heavy atom. The van der Waals surface area contributed by atoms with Crippen LogP contribution in [0.3, 0.4) is 0 Å². The summed E-state index contributed by atoms with van der Waals surface area (Å²) in [6.45, 7) is 3.38. The number of halogens is 3. The van der Waals surface area contributed by atoms with Gasteiger partial charge in [-0.05, 0) is 35.4 Å². The van der Waals surface area contributed by atoms with Crippen LogP contribution in [0.1, 0.15) is 16.8 Å². The van der Waals surface area contributed by atoms with Crippen molar-refractivity contribution in [1.82, 2.24) is 15.0 Å². The van der Waals surface area contributed by atoms with Crippen molar-refractivity contribution in [2.45, 2.75) is 25.5 Å². The third-order valence-electron chi connectivity index (χ3n) is 6.73. The molecule has 4 N–H and O–H groups in total. The zero-order valence-corrected chi connectivity index (χ0v) is 26.3. The molecule has 1 fully saturated rings. The molecule has 0 radical (unpaired) electrons. The first-order chi connectivity index (χ1) is 20.3. The second kappa shape index (κ2) is 16.5. The number of imidazole rings is 1. The number of benzene rings is 2. The minimum Gasteiger partial charge on any atom is -0.394 e. The van der Waals surface area contributed by atoms with E-state index in [0.717, 1.165) is 55.0 Å². The first-order valence-electron chi connectivity index (χ1n) is 13.5. The van der Waals surface area contributed by atoms with Crippen LogP contribution in [0, 0.1) is 0 Å². The largest absolute Gasteiger partial charge is 0.432 e. The predicted octanol–water partition coefficient (Wildman–Crippen LogP) is 3.86. The molecule has 3 heterocycles. The molecule has 0 saturated carbocycles. The number of H-pyrrole nitrogens is 1. The fourth-order valence-electron chi connectivity index (χ4n) is 4.28. The molecule has 1 aliphatic heterocycles. The Morgan fingerprint density at radius 3 is 1.98 bits per heavy atom. The first-order valence-corrected chi connectivity index (χ1v) is 13.5. The quantitative estimate of drug-likeness (QED) is 0.203. The summed E-state index contributed by atoms with van der Waals surface area (Å²) in [5.74, 6) is 0.930. The van der Waals surface area contributed by atoms with Crippen molar-refractivity contribution in [2.75, 3.05) is 49.2 Å². The van der Waals surface area contributed by atoms with E-state index in [-0.39, 0.29) is 46.7 Å². The van der Waals surface area contributed by atoms with E-state index in [1.807, 2.05) is 54.6 Å². The summed E-state index contributed by atoms with van der Waals surface area (Å²) in [6.07, 6.45) is -2.60. The van der Waals surface area contributed by atoms with E-state index in [4.69, 9.17) is 20.1 Å². The van der Waals surface area contributed by atoms with E-state index in [2.05, 4.69) is 24.8 Å². The molecule has 1 saturated heterocycles. The molecule has 5 rings (SSSR count). The maximum absolute atomic E-state index is 12.7. The minimum atomic E-state index is -4.45. The van der Waals surface area contributed by atoms with Gasteiger partial charge in [0, 0.05) is 64.7 Å². The number of pyridine rings is 1. The van der Waals surface area contributed by atoms with Crippen LogP contribution < -0.4 is 9.80 Å². The van der Waals surface area contributed by atoms with Crippen LogP contribution in [0.4, 0.5) is 24.7 Å². The Kier molecular flexibility index (Phi) is 13.2.